The number of ether oxygens (including phenoxy) is 1. The minimum Gasteiger partial charge on any atom is -0.469 e. The fourth-order valence-corrected chi connectivity index (χ4v) is 2.24. The van der Waals surface area contributed by atoms with Crippen LogP contribution in [0, 0.1) is 0 Å². The van der Waals surface area contributed by atoms with Crippen LogP contribution >= 0.6 is 0 Å². The summed E-state index contributed by atoms with van der Waals surface area (Å²) >= 11 is 0. The molecule has 2 unspecified atom stereocenters. The summed E-state index contributed by atoms with van der Waals surface area (Å²) in [6.07, 6.45) is 4.09. The lowest BCUT2D eigenvalue weighted by atomic mass is 10.1. The van der Waals surface area contributed by atoms with Crippen LogP contribution in [0.4, 0.5) is 0 Å². The Morgan fingerprint density at radius 3 is 2.94 bits per heavy atom. The van der Waals surface area contributed by atoms with E-state index >= 15 is 0 Å². The lowest BCUT2D eigenvalue weighted by Gasteiger charge is -2.32. The van der Waals surface area contributed by atoms with Crippen molar-refractivity contribution in [2.75, 3.05) is 27.2 Å². The number of rotatable bonds is 4. The van der Waals surface area contributed by atoms with Gasteiger partial charge in [-0.3, -0.25) is 4.79 Å². The van der Waals surface area contributed by atoms with Crippen molar-refractivity contribution in [1.82, 2.24) is 10.2 Å². The molecule has 0 bridgehead atoms. The topological polar surface area (TPSA) is 41.6 Å². The van der Waals surface area contributed by atoms with E-state index < -0.39 is 0 Å². The SMILES string of the molecule is COC(=O)CC(C)N(C)C1CCCNCC1. The van der Waals surface area contributed by atoms with E-state index in [4.69, 9.17) is 4.74 Å². The quantitative estimate of drug-likeness (QED) is 0.729. The van der Waals surface area contributed by atoms with Crippen molar-refractivity contribution in [3.05, 3.63) is 0 Å². The molecule has 0 aliphatic carbocycles. The number of carbonyl (C=O) groups is 1. The molecule has 0 saturated carbocycles. The van der Waals surface area contributed by atoms with Gasteiger partial charge in [-0.25, -0.2) is 0 Å². The summed E-state index contributed by atoms with van der Waals surface area (Å²) in [5.41, 5.74) is 0. The van der Waals surface area contributed by atoms with Gasteiger partial charge in [0.25, 0.3) is 0 Å². The molecule has 0 aromatic rings. The number of carbonyl (C=O) groups excluding carboxylic acids is 1. The summed E-state index contributed by atoms with van der Waals surface area (Å²) in [6, 6.07) is 0.852. The first-order valence-corrected chi connectivity index (χ1v) is 6.14. The van der Waals surface area contributed by atoms with E-state index in [9.17, 15) is 4.79 Å². The average molecular weight is 228 g/mol. The normalized spacial score (nSPS) is 23.9. The third-order valence-electron chi connectivity index (χ3n) is 3.51. The maximum absolute atomic E-state index is 11.2. The zero-order chi connectivity index (χ0) is 12.0. The fourth-order valence-electron chi connectivity index (χ4n) is 2.24. The summed E-state index contributed by atoms with van der Waals surface area (Å²) in [4.78, 5) is 13.5. The van der Waals surface area contributed by atoms with Crippen LogP contribution in [0.2, 0.25) is 0 Å². The maximum atomic E-state index is 11.2. The molecule has 1 rings (SSSR count). The maximum Gasteiger partial charge on any atom is 0.307 e. The van der Waals surface area contributed by atoms with Crippen molar-refractivity contribution < 1.29 is 9.53 Å². The van der Waals surface area contributed by atoms with Crippen LogP contribution in [-0.2, 0) is 9.53 Å². The molecular weight excluding hydrogens is 204 g/mol. The van der Waals surface area contributed by atoms with Crippen molar-refractivity contribution in [3.8, 4) is 0 Å². The van der Waals surface area contributed by atoms with Crippen LogP contribution < -0.4 is 5.32 Å². The fraction of sp³-hybridized carbons (Fsp3) is 0.917. The van der Waals surface area contributed by atoms with E-state index in [1.54, 1.807) is 0 Å². The lowest BCUT2D eigenvalue weighted by Crippen LogP contribution is -2.40. The van der Waals surface area contributed by atoms with Gasteiger partial charge in [-0.2, -0.15) is 0 Å². The molecule has 1 aliphatic heterocycles. The number of nitrogens with zero attached hydrogens (tertiary/aromatic N) is 1. The van der Waals surface area contributed by atoms with Gasteiger partial charge >= 0.3 is 5.97 Å². The highest BCUT2D eigenvalue weighted by atomic mass is 16.5. The zero-order valence-corrected chi connectivity index (χ0v) is 10.7. The van der Waals surface area contributed by atoms with Gasteiger partial charge in [-0.1, -0.05) is 0 Å². The van der Waals surface area contributed by atoms with E-state index in [1.165, 1.54) is 26.4 Å². The molecule has 1 saturated heterocycles. The molecule has 0 radical (unpaired) electrons. The largest absolute Gasteiger partial charge is 0.469 e. The molecule has 0 amide bonds. The minimum absolute atomic E-state index is 0.119. The lowest BCUT2D eigenvalue weighted by molar-refractivity contribution is -0.142. The first kappa shape index (κ1) is 13.5. The standard InChI is InChI=1S/C12H24N2O2/c1-10(9-12(15)16-3)14(2)11-5-4-7-13-8-6-11/h10-11,13H,4-9H2,1-3H3. The van der Waals surface area contributed by atoms with E-state index in [-0.39, 0.29) is 12.0 Å². The van der Waals surface area contributed by atoms with E-state index in [0.717, 1.165) is 13.1 Å². The van der Waals surface area contributed by atoms with Gasteiger partial charge in [-0.15, -0.1) is 0 Å². The van der Waals surface area contributed by atoms with E-state index in [1.807, 2.05) is 0 Å². The summed E-state index contributed by atoms with van der Waals surface area (Å²) in [7, 11) is 3.56. The zero-order valence-electron chi connectivity index (χ0n) is 10.7. The van der Waals surface area contributed by atoms with Crippen molar-refractivity contribution in [1.29, 1.82) is 0 Å². The molecule has 0 aromatic carbocycles. The Morgan fingerprint density at radius 1 is 1.50 bits per heavy atom. The molecule has 94 valence electrons. The van der Waals surface area contributed by atoms with E-state index in [2.05, 4.69) is 24.2 Å². The second-order valence-electron chi connectivity index (χ2n) is 4.63. The number of nitrogens with one attached hydrogen (secondary N) is 1. The first-order chi connectivity index (χ1) is 7.65. The second-order valence-corrected chi connectivity index (χ2v) is 4.63. The van der Waals surface area contributed by atoms with Crippen LogP contribution in [0.5, 0.6) is 0 Å². The number of hydrogen-bond donors (Lipinski definition) is 1. The number of hydrogen-bond acceptors (Lipinski definition) is 4. The Kier molecular flexibility index (Phi) is 5.77. The molecule has 1 aliphatic rings. The van der Waals surface area contributed by atoms with Crippen LogP contribution in [0.25, 0.3) is 0 Å². The third-order valence-corrected chi connectivity index (χ3v) is 3.51. The minimum atomic E-state index is -0.119. The van der Waals surface area contributed by atoms with Crippen molar-refractivity contribution in [2.24, 2.45) is 0 Å². The number of methoxy groups -OCH3 is 1. The Morgan fingerprint density at radius 2 is 2.25 bits per heavy atom. The highest BCUT2D eigenvalue weighted by molar-refractivity contribution is 5.69. The Balaban J connectivity index is 2.41. The molecule has 1 heterocycles. The van der Waals surface area contributed by atoms with Crippen LogP contribution in [0.1, 0.15) is 32.6 Å². The molecular formula is C12H24N2O2. The monoisotopic (exact) mass is 228 g/mol. The van der Waals surface area contributed by atoms with Crippen molar-refractivity contribution in [2.45, 2.75) is 44.7 Å². The van der Waals surface area contributed by atoms with Crippen molar-refractivity contribution >= 4 is 5.97 Å². The summed E-state index contributed by atoms with van der Waals surface area (Å²) in [6.45, 7) is 4.30. The van der Waals surface area contributed by atoms with Crippen molar-refractivity contribution in [3.63, 3.8) is 0 Å². The Bertz CT molecular complexity index is 213. The molecule has 1 fully saturated rings. The Hall–Kier alpha value is -0.610. The van der Waals surface area contributed by atoms with Gasteiger partial charge in [0.05, 0.1) is 13.5 Å². The predicted octanol–water partition coefficient (Wildman–Crippen LogP) is 1.01. The molecule has 1 N–H and O–H groups in total. The average Bonchev–Trinajstić information content (AvgIpc) is 2.56. The van der Waals surface area contributed by atoms with Gasteiger partial charge < -0.3 is 15.0 Å². The van der Waals surface area contributed by atoms with E-state index in [0.29, 0.717) is 12.5 Å². The molecule has 2 atom stereocenters. The van der Waals surface area contributed by atoms with Gasteiger partial charge in [-0.05, 0) is 46.3 Å². The second kappa shape index (κ2) is 6.86. The van der Waals surface area contributed by atoms with Crippen LogP contribution in [-0.4, -0.2) is 50.2 Å². The van der Waals surface area contributed by atoms with Gasteiger partial charge in [0.1, 0.15) is 0 Å². The smallest absolute Gasteiger partial charge is 0.307 e. The Labute approximate surface area is 98.3 Å². The summed E-state index contributed by atoms with van der Waals surface area (Å²) in [5.74, 6) is -0.119. The highest BCUT2D eigenvalue weighted by Gasteiger charge is 2.22. The summed E-state index contributed by atoms with van der Waals surface area (Å²) < 4.78 is 4.71. The summed E-state index contributed by atoms with van der Waals surface area (Å²) in [5, 5.41) is 3.40. The molecule has 4 heteroatoms. The predicted molar refractivity (Wildman–Crippen MR) is 64.4 cm³/mol. The van der Waals surface area contributed by atoms with Gasteiger partial charge in [0.15, 0.2) is 0 Å². The van der Waals surface area contributed by atoms with Gasteiger partial charge in [0, 0.05) is 12.1 Å². The third kappa shape index (κ3) is 4.10. The van der Waals surface area contributed by atoms with Crippen LogP contribution in [0.15, 0.2) is 0 Å². The molecule has 4 nitrogen and oxygen atoms in total. The molecule has 0 spiro atoms. The first-order valence-electron chi connectivity index (χ1n) is 6.14. The molecule has 16 heavy (non-hydrogen) atoms. The number of esters is 1. The highest BCUT2D eigenvalue weighted by Crippen LogP contribution is 2.16. The molecule has 0 aromatic heterocycles. The van der Waals surface area contributed by atoms with Crippen LogP contribution in [0.3, 0.4) is 0 Å². The van der Waals surface area contributed by atoms with Gasteiger partial charge in [0.2, 0.25) is 0 Å².